The lowest BCUT2D eigenvalue weighted by Gasteiger charge is -2.40. The van der Waals surface area contributed by atoms with Crippen molar-refractivity contribution in [1.29, 1.82) is 0 Å². The van der Waals surface area contributed by atoms with Crippen molar-refractivity contribution >= 4 is 15.9 Å². The molecule has 0 heterocycles. The zero-order chi connectivity index (χ0) is 11.5. The smallest absolute Gasteiger partial charge is 0.375 e. The highest BCUT2D eigenvalue weighted by Crippen LogP contribution is 2.33. The minimum absolute atomic E-state index is 0.108. The van der Waals surface area contributed by atoms with Crippen LogP contribution in [0.2, 0.25) is 0 Å². The van der Waals surface area contributed by atoms with Crippen molar-refractivity contribution in [1.82, 2.24) is 0 Å². The Labute approximate surface area is 95.2 Å². The van der Waals surface area contributed by atoms with Gasteiger partial charge in [-0.1, -0.05) is 15.9 Å². The van der Waals surface area contributed by atoms with E-state index in [1.807, 2.05) is 6.92 Å². The Morgan fingerprint density at radius 3 is 2.47 bits per heavy atom. The van der Waals surface area contributed by atoms with Crippen LogP contribution in [-0.4, -0.2) is 36.4 Å². The summed E-state index contributed by atoms with van der Waals surface area (Å²) in [6, 6.07) is 0. The van der Waals surface area contributed by atoms with E-state index < -0.39 is 12.6 Å². The molecular formula is C9H14BrF3O2. The van der Waals surface area contributed by atoms with E-state index in [9.17, 15) is 13.2 Å². The Balaban J connectivity index is 2.17. The first-order valence-electron chi connectivity index (χ1n) is 4.88. The van der Waals surface area contributed by atoms with Gasteiger partial charge in [-0.15, -0.1) is 0 Å². The highest BCUT2D eigenvalue weighted by molar-refractivity contribution is 9.09. The Bertz CT molecular complexity index is 198. The standard InChI is InChI=1S/C9H14BrF3O2/c1-2-14-8-6(10)5-7(8)15-4-3-9(11,12)13/h6-8H,2-5H2,1H3. The van der Waals surface area contributed by atoms with Crippen molar-refractivity contribution in [3.63, 3.8) is 0 Å². The molecule has 2 nitrogen and oxygen atoms in total. The monoisotopic (exact) mass is 290 g/mol. The van der Waals surface area contributed by atoms with Crippen LogP contribution < -0.4 is 0 Å². The molecule has 0 aromatic carbocycles. The molecule has 0 aromatic heterocycles. The van der Waals surface area contributed by atoms with Crippen LogP contribution in [0, 0.1) is 0 Å². The number of alkyl halides is 4. The third-order valence-electron chi connectivity index (χ3n) is 2.26. The fourth-order valence-electron chi connectivity index (χ4n) is 1.42. The van der Waals surface area contributed by atoms with Crippen LogP contribution >= 0.6 is 15.9 Å². The third-order valence-corrected chi connectivity index (χ3v) is 3.15. The average molecular weight is 291 g/mol. The van der Waals surface area contributed by atoms with E-state index in [2.05, 4.69) is 15.9 Å². The molecule has 1 saturated carbocycles. The molecule has 6 heteroatoms. The summed E-state index contributed by atoms with van der Waals surface area (Å²) in [6.07, 6.45) is -4.63. The van der Waals surface area contributed by atoms with Crippen molar-refractivity contribution in [2.24, 2.45) is 0 Å². The molecule has 0 aliphatic heterocycles. The minimum atomic E-state index is -4.14. The predicted octanol–water partition coefficient (Wildman–Crippen LogP) is 2.90. The third kappa shape index (κ3) is 4.28. The fourth-order valence-corrected chi connectivity index (χ4v) is 2.28. The Morgan fingerprint density at radius 2 is 2.00 bits per heavy atom. The van der Waals surface area contributed by atoms with Crippen LogP contribution in [0.5, 0.6) is 0 Å². The molecule has 0 radical (unpaired) electrons. The van der Waals surface area contributed by atoms with E-state index >= 15 is 0 Å². The number of rotatable bonds is 5. The fraction of sp³-hybridized carbons (Fsp3) is 1.00. The first-order chi connectivity index (χ1) is 6.94. The van der Waals surface area contributed by atoms with Gasteiger partial charge in [-0.2, -0.15) is 13.2 Å². The number of ether oxygens (including phenoxy) is 2. The van der Waals surface area contributed by atoms with Gasteiger partial charge in [0.25, 0.3) is 0 Å². The molecule has 90 valence electrons. The van der Waals surface area contributed by atoms with Gasteiger partial charge in [-0.3, -0.25) is 0 Å². The highest BCUT2D eigenvalue weighted by Gasteiger charge is 2.41. The normalized spacial score (nSPS) is 31.4. The van der Waals surface area contributed by atoms with E-state index in [0.29, 0.717) is 13.0 Å². The predicted molar refractivity (Wildman–Crippen MR) is 53.2 cm³/mol. The van der Waals surface area contributed by atoms with Gasteiger partial charge in [0.15, 0.2) is 0 Å². The summed E-state index contributed by atoms with van der Waals surface area (Å²) in [5.41, 5.74) is 0. The Morgan fingerprint density at radius 1 is 1.33 bits per heavy atom. The molecule has 3 unspecified atom stereocenters. The summed E-state index contributed by atoms with van der Waals surface area (Å²) in [6.45, 7) is 2.12. The van der Waals surface area contributed by atoms with Crippen LogP contribution in [0.4, 0.5) is 13.2 Å². The summed E-state index contributed by atoms with van der Waals surface area (Å²) < 4.78 is 45.9. The van der Waals surface area contributed by atoms with Crippen molar-refractivity contribution in [3.05, 3.63) is 0 Å². The molecule has 1 fully saturated rings. The van der Waals surface area contributed by atoms with E-state index in [0.717, 1.165) is 0 Å². The Kier molecular flexibility index (Phi) is 4.86. The van der Waals surface area contributed by atoms with Gasteiger partial charge in [0.05, 0.1) is 25.2 Å². The number of halogens is 4. The second-order valence-corrected chi connectivity index (χ2v) is 4.62. The van der Waals surface area contributed by atoms with Gasteiger partial charge in [0.1, 0.15) is 0 Å². The lowest BCUT2D eigenvalue weighted by molar-refractivity contribution is -0.167. The SMILES string of the molecule is CCOC1C(Br)CC1OCCC(F)(F)F. The Hall–Kier alpha value is 0.190. The first kappa shape index (κ1) is 13.3. The maximum absolute atomic E-state index is 11.8. The lowest BCUT2D eigenvalue weighted by atomic mass is 9.91. The van der Waals surface area contributed by atoms with Crippen molar-refractivity contribution in [3.8, 4) is 0 Å². The van der Waals surface area contributed by atoms with E-state index in [1.165, 1.54) is 0 Å². The van der Waals surface area contributed by atoms with Gasteiger partial charge in [-0.05, 0) is 13.3 Å². The summed E-state index contributed by atoms with van der Waals surface area (Å²) in [5, 5.41) is 0. The van der Waals surface area contributed by atoms with Crippen molar-refractivity contribution < 1.29 is 22.6 Å². The first-order valence-corrected chi connectivity index (χ1v) is 5.79. The van der Waals surface area contributed by atoms with Crippen molar-refractivity contribution in [2.75, 3.05) is 13.2 Å². The minimum Gasteiger partial charge on any atom is -0.375 e. The van der Waals surface area contributed by atoms with Crippen LogP contribution in [-0.2, 0) is 9.47 Å². The van der Waals surface area contributed by atoms with E-state index in [1.54, 1.807) is 0 Å². The second kappa shape index (κ2) is 5.50. The maximum atomic E-state index is 11.8. The van der Waals surface area contributed by atoms with Crippen LogP contribution in [0.3, 0.4) is 0 Å². The maximum Gasteiger partial charge on any atom is 0.391 e. The van der Waals surface area contributed by atoms with Crippen LogP contribution in [0.25, 0.3) is 0 Å². The zero-order valence-electron chi connectivity index (χ0n) is 8.39. The highest BCUT2D eigenvalue weighted by atomic mass is 79.9. The summed E-state index contributed by atoms with van der Waals surface area (Å²) in [4.78, 5) is 0.202. The molecule has 1 rings (SSSR count). The molecule has 0 amide bonds. The van der Waals surface area contributed by atoms with Gasteiger partial charge >= 0.3 is 6.18 Å². The second-order valence-electron chi connectivity index (χ2n) is 3.45. The molecule has 0 bridgehead atoms. The molecule has 0 spiro atoms. The van der Waals surface area contributed by atoms with E-state index in [4.69, 9.17) is 9.47 Å². The molecule has 0 aromatic rings. The van der Waals surface area contributed by atoms with E-state index in [-0.39, 0.29) is 23.6 Å². The van der Waals surface area contributed by atoms with Gasteiger partial charge < -0.3 is 9.47 Å². The van der Waals surface area contributed by atoms with Crippen LogP contribution in [0.1, 0.15) is 19.8 Å². The topological polar surface area (TPSA) is 18.5 Å². The molecular weight excluding hydrogens is 277 g/mol. The van der Waals surface area contributed by atoms with Gasteiger partial charge in [0, 0.05) is 11.4 Å². The summed E-state index contributed by atoms with van der Waals surface area (Å²) in [7, 11) is 0. The molecule has 0 saturated heterocycles. The number of hydrogen-bond acceptors (Lipinski definition) is 2. The van der Waals surface area contributed by atoms with Crippen LogP contribution in [0.15, 0.2) is 0 Å². The number of hydrogen-bond donors (Lipinski definition) is 0. The van der Waals surface area contributed by atoms with Gasteiger partial charge in [-0.25, -0.2) is 0 Å². The molecule has 15 heavy (non-hydrogen) atoms. The quantitative estimate of drug-likeness (QED) is 0.725. The molecule has 1 aliphatic carbocycles. The summed E-state index contributed by atoms with van der Waals surface area (Å²) >= 11 is 3.37. The average Bonchev–Trinajstić information content (AvgIpc) is 2.11. The molecule has 0 N–H and O–H groups in total. The van der Waals surface area contributed by atoms with Crippen molar-refractivity contribution in [2.45, 2.75) is 43.0 Å². The largest absolute Gasteiger partial charge is 0.391 e. The molecule has 1 aliphatic rings. The summed E-state index contributed by atoms with van der Waals surface area (Å²) in [5.74, 6) is 0. The molecule has 3 atom stereocenters. The lowest BCUT2D eigenvalue weighted by Crippen LogP contribution is -2.51. The van der Waals surface area contributed by atoms with Gasteiger partial charge in [0.2, 0.25) is 0 Å². The zero-order valence-corrected chi connectivity index (χ0v) is 9.97.